The van der Waals surface area contributed by atoms with Gasteiger partial charge in [0.1, 0.15) is 4.87 Å². The number of sulfone groups is 1. The third-order valence-corrected chi connectivity index (χ3v) is 3.54. The molecular weight excluding hydrogens is 138 g/mol. The van der Waals surface area contributed by atoms with Gasteiger partial charge >= 0.3 is 0 Å². The molecule has 9 heavy (non-hydrogen) atoms. The van der Waals surface area contributed by atoms with E-state index in [4.69, 9.17) is 5.73 Å². The molecule has 3 nitrogen and oxygen atoms in total. The molecule has 0 saturated carbocycles. The van der Waals surface area contributed by atoms with Crippen LogP contribution in [0.3, 0.4) is 0 Å². The largest absolute Gasteiger partial charge is 0.313 e. The third kappa shape index (κ3) is 1.95. The second kappa shape index (κ2) is 2.27. The van der Waals surface area contributed by atoms with Gasteiger partial charge in [0, 0.05) is 5.75 Å². The Hall–Kier alpha value is -0.0900. The summed E-state index contributed by atoms with van der Waals surface area (Å²) in [6.07, 6.45) is 0. The van der Waals surface area contributed by atoms with Crippen molar-refractivity contribution in [3.63, 3.8) is 0 Å². The second-order valence-electron chi connectivity index (χ2n) is 2.51. The zero-order valence-corrected chi connectivity index (χ0v) is 6.83. The molecule has 56 valence electrons. The van der Waals surface area contributed by atoms with Gasteiger partial charge in [0.25, 0.3) is 0 Å². The summed E-state index contributed by atoms with van der Waals surface area (Å²) in [5.74, 6) is 0.108. The van der Waals surface area contributed by atoms with Gasteiger partial charge in [-0.15, -0.1) is 0 Å². The molecule has 0 radical (unpaired) electrons. The van der Waals surface area contributed by atoms with Crippen molar-refractivity contribution in [2.45, 2.75) is 25.6 Å². The molecule has 0 aromatic rings. The van der Waals surface area contributed by atoms with Crippen LogP contribution in [0.2, 0.25) is 0 Å². The molecule has 0 aliphatic heterocycles. The van der Waals surface area contributed by atoms with Gasteiger partial charge in [0.15, 0.2) is 9.84 Å². The summed E-state index contributed by atoms with van der Waals surface area (Å²) < 4.78 is 21.8. The zero-order valence-electron chi connectivity index (χ0n) is 6.01. The number of rotatable bonds is 2. The highest BCUT2D eigenvalue weighted by Crippen LogP contribution is 2.08. The molecule has 0 aliphatic rings. The first kappa shape index (κ1) is 8.91. The van der Waals surface area contributed by atoms with Gasteiger partial charge in [-0.1, -0.05) is 6.92 Å². The van der Waals surface area contributed by atoms with Crippen molar-refractivity contribution in [1.29, 1.82) is 0 Å². The lowest BCUT2D eigenvalue weighted by Gasteiger charge is -2.17. The van der Waals surface area contributed by atoms with Crippen LogP contribution in [0.4, 0.5) is 0 Å². The standard InChI is InChI=1S/C5H13NO2S/c1-4-9(7,8)5(2,3)6/h4,6H2,1-3H3. The lowest BCUT2D eigenvalue weighted by Crippen LogP contribution is -2.42. The molecule has 0 bridgehead atoms. The minimum absolute atomic E-state index is 0.108. The van der Waals surface area contributed by atoms with Gasteiger partial charge in [-0.2, -0.15) is 0 Å². The minimum Gasteiger partial charge on any atom is -0.313 e. The van der Waals surface area contributed by atoms with Crippen molar-refractivity contribution in [2.24, 2.45) is 5.73 Å². The maximum Gasteiger partial charge on any atom is 0.167 e. The van der Waals surface area contributed by atoms with Crippen molar-refractivity contribution in [3.8, 4) is 0 Å². The van der Waals surface area contributed by atoms with E-state index in [1.165, 1.54) is 13.8 Å². The summed E-state index contributed by atoms with van der Waals surface area (Å²) in [5, 5.41) is 0. The van der Waals surface area contributed by atoms with Crippen molar-refractivity contribution >= 4 is 9.84 Å². The predicted molar refractivity (Wildman–Crippen MR) is 37.7 cm³/mol. The van der Waals surface area contributed by atoms with E-state index in [1.54, 1.807) is 6.92 Å². The average Bonchev–Trinajstić information content (AvgIpc) is 1.64. The quantitative estimate of drug-likeness (QED) is 0.609. The van der Waals surface area contributed by atoms with Gasteiger partial charge in [-0.05, 0) is 13.8 Å². The maximum atomic E-state index is 10.9. The van der Waals surface area contributed by atoms with Crippen LogP contribution in [0.15, 0.2) is 0 Å². The summed E-state index contributed by atoms with van der Waals surface area (Å²) in [7, 11) is -3.06. The second-order valence-corrected chi connectivity index (χ2v) is 5.37. The SMILES string of the molecule is CCS(=O)(=O)C(C)(C)N. The van der Waals surface area contributed by atoms with E-state index >= 15 is 0 Å². The highest BCUT2D eigenvalue weighted by Gasteiger charge is 2.26. The molecule has 0 spiro atoms. The van der Waals surface area contributed by atoms with Gasteiger partial charge < -0.3 is 5.73 Å². The Kier molecular flexibility index (Phi) is 2.24. The van der Waals surface area contributed by atoms with Crippen molar-refractivity contribution in [2.75, 3.05) is 5.75 Å². The molecule has 0 atom stereocenters. The first-order valence-electron chi connectivity index (χ1n) is 2.82. The van der Waals surface area contributed by atoms with E-state index in [9.17, 15) is 8.42 Å². The summed E-state index contributed by atoms with van der Waals surface area (Å²) in [4.78, 5) is -1.08. The van der Waals surface area contributed by atoms with E-state index in [0.29, 0.717) is 0 Å². The maximum absolute atomic E-state index is 10.9. The Morgan fingerprint density at radius 2 is 1.78 bits per heavy atom. The topological polar surface area (TPSA) is 60.2 Å². The Labute approximate surface area is 56.2 Å². The zero-order chi connectivity index (χ0) is 7.71. The van der Waals surface area contributed by atoms with Crippen LogP contribution < -0.4 is 5.73 Å². The molecule has 0 aliphatic carbocycles. The van der Waals surface area contributed by atoms with Gasteiger partial charge in [-0.3, -0.25) is 0 Å². The van der Waals surface area contributed by atoms with E-state index in [-0.39, 0.29) is 5.75 Å². The van der Waals surface area contributed by atoms with Crippen LogP contribution >= 0.6 is 0 Å². The molecule has 0 heterocycles. The van der Waals surface area contributed by atoms with Crippen LogP contribution in [-0.4, -0.2) is 19.0 Å². The lowest BCUT2D eigenvalue weighted by atomic mass is 10.4. The minimum atomic E-state index is -3.06. The Morgan fingerprint density at radius 3 is 1.78 bits per heavy atom. The van der Waals surface area contributed by atoms with E-state index < -0.39 is 14.7 Å². The Balaban J connectivity index is 4.57. The molecule has 4 heteroatoms. The van der Waals surface area contributed by atoms with Crippen LogP contribution in [0.1, 0.15) is 20.8 Å². The molecule has 0 aromatic carbocycles. The molecule has 0 aromatic heterocycles. The summed E-state index contributed by atoms with van der Waals surface area (Å²) in [6.45, 7) is 4.57. The Bertz CT molecular complexity index is 176. The van der Waals surface area contributed by atoms with Crippen LogP contribution in [0.5, 0.6) is 0 Å². The first-order chi connectivity index (χ1) is 3.81. The highest BCUT2D eigenvalue weighted by atomic mass is 32.2. The van der Waals surface area contributed by atoms with Gasteiger partial charge in [0.2, 0.25) is 0 Å². The highest BCUT2D eigenvalue weighted by molar-refractivity contribution is 7.92. The average molecular weight is 151 g/mol. The first-order valence-corrected chi connectivity index (χ1v) is 4.47. The van der Waals surface area contributed by atoms with Crippen molar-refractivity contribution < 1.29 is 8.42 Å². The molecule has 0 rings (SSSR count). The fraction of sp³-hybridized carbons (Fsp3) is 1.00. The normalized spacial score (nSPS) is 13.8. The summed E-state index contributed by atoms with van der Waals surface area (Å²) in [5.41, 5.74) is 5.34. The van der Waals surface area contributed by atoms with Crippen molar-refractivity contribution in [3.05, 3.63) is 0 Å². The Morgan fingerprint density at radius 1 is 1.44 bits per heavy atom. The van der Waals surface area contributed by atoms with Gasteiger partial charge in [0.05, 0.1) is 0 Å². The van der Waals surface area contributed by atoms with Crippen molar-refractivity contribution in [1.82, 2.24) is 0 Å². The predicted octanol–water partition coefficient (Wildman–Crippen LogP) is 0.116. The lowest BCUT2D eigenvalue weighted by molar-refractivity contribution is 0.554. The fourth-order valence-corrected chi connectivity index (χ4v) is 1.12. The van der Waals surface area contributed by atoms with E-state index in [0.717, 1.165) is 0 Å². The summed E-state index contributed by atoms with van der Waals surface area (Å²) >= 11 is 0. The van der Waals surface area contributed by atoms with E-state index in [1.807, 2.05) is 0 Å². The molecule has 0 amide bonds. The van der Waals surface area contributed by atoms with Crippen LogP contribution in [-0.2, 0) is 9.84 Å². The van der Waals surface area contributed by atoms with Crippen LogP contribution in [0.25, 0.3) is 0 Å². The molecule has 2 N–H and O–H groups in total. The smallest absolute Gasteiger partial charge is 0.167 e. The molecule has 0 fully saturated rings. The van der Waals surface area contributed by atoms with E-state index in [2.05, 4.69) is 0 Å². The monoisotopic (exact) mass is 151 g/mol. The van der Waals surface area contributed by atoms with Gasteiger partial charge in [-0.25, -0.2) is 8.42 Å². The molecule has 0 unspecified atom stereocenters. The number of nitrogens with two attached hydrogens (primary N) is 1. The number of hydrogen-bond acceptors (Lipinski definition) is 3. The summed E-state index contributed by atoms with van der Waals surface area (Å²) in [6, 6.07) is 0. The number of hydrogen-bond donors (Lipinski definition) is 1. The molecular formula is C5H13NO2S. The van der Waals surface area contributed by atoms with Crippen LogP contribution in [0, 0.1) is 0 Å². The third-order valence-electron chi connectivity index (χ3n) is 1.18. The fourth-order valence-electron chi connectivity index (χ4n) is 0.372. The molecule has 0 saturated heterocycles.